The number of hydrogen-bond acceptors (Lipinski definition) is 3. The fraction of sp³-hybridized carbons (Fsp3) is 0.471. The van der Waals surface area contributed by atoms with Crippen molar-refractivity contribution in [3.63, 3.8) is 0 Å². The second-order valence-corrected chi connectivity index (χ2v) is 6.20. The van der Waals surface area contributed by atoms with Gasteiger partial charge in [0.15, 0.2) is 0 Å². The summed E-state index contributed by atoms with van der Waals surface area (Å²) in [4.78, 5) is 17.1. The predicted octanol–water partition coefficient (Wildman–Crippen LogP) is 3.34. The topological polar surface area (TPSA) is 59.8 Å². The summed E-state index contributed by atoms with van der Waals surface area (Å²) in [5, 5.41) is 7.29. The van der Waals surface area contributed by atoms with E-state index in [1.54, 1.807) is 10.9 Å². The molecule has 2 atom stereocenters. The Kier molecular flexibility index (Phi) is 3.96. The van der Waals surface area contributed by atoms with Gasteiger partial charge >= 0.3 is 0 Å². The van der Waals surface area contributed by atoms with Crippen molar-refractivity contribution >= 4 is 11.6 Å². The molecule has 0 saturated heterocycles. The first kappa shape index (κ1) is 14.8. The van der Waals surface area contributed by atoms with Gasteiger partial charge in [0.25, 0.3) is 0 Å². The largest absolute Gasteiger partial charge is 0.323 e. The minimum atomic E-state index is 0.00554. The number of pyridine rings is 1. The van der Waals surface area contributed by atoms with Crippen LogP contribution in [-0.2, 0) is 11.8 Å². The van der Waals surface area contributed by atoms with Crippen LogP contribution in [0.1, 0.15) is 44.7 Å². The minimum absolute atomic E-state index is 0.00554. The summed E-state index contributed by atoms with van der Waals surface area (Å²) in [7, 11) is 1.87. The smallest absolute Gasteiger partial charge is 0.227 e. The Morgan fingerprint density at radius 2 is 2.00 bits per heavy atom. The molecule has 22 heavy (non-hydrogen) atoms. The summed E-state index contributed by atoms with van der Waals surface area (Å²) in [5.41, 5.74) is 3.55. The number of carbonyl (C=O) groups excluding carboxylic acids is 1. The number of nitrogens with one attached hydrogen (secondary N) is 1. The SMILES string of the molecule is CC1CCCC(C)c2cccc(n2)-c2c(cnn2C)NC1=O. The molecule has 2 bridgehead atoms. The standard InChI is InChI=1S/C17H22N4O/c1-11-6-4-7-12(2)17(22)20-15-10-18-21(3)16(15)14-9-5-8-13(11)19-14/h5,8-12H,4,6-7H2,1-3H3,(H,20,22). The molecule has 1 aliphatic heterocycles. The molecule has 0 aliphatic carbocycles. The van der Waals surface area contributed by atoms with Crippen LogP contribution >= 0.6 is 0 Å². The first-order valence-corrected chi connectivity index (χ1v) is 7.86. The van der Waals surface area contributed by atoms with Crippen molar-refractivity contribution in [1.82, 2.24) is 14.8 Å². The Labute approximate surface area is 130 Å². The second kappa shape index (κ2) is 5.91. The van der Waals surface area contributed by atoms with Crippen LogP contribution in [0.3, 0.4) is 0 Å². The van der Waals surface area contributed by atoms with Crippen molar-refractivity contribution in [2.24, 2.45) is 13.0 Å². The van der Waals surface area contributed by atoms with Crippen LogP contribution in [0.15, 0.2) is 24.4 Å². The van der Waals surface area contributed by atoms with Gasteiger partial charge in [0, 0.05) is 18.7 Å². The first-order chi connectivity index (χ1) is 10.6. The molecule has 3 rings (SSSR count). The summed E-state index contributed by atoms with van der Waals surface area (Å²) in [5.74, 6) is 0.455. The first-order valence-electron chi connectivity index (χ1n) is 7.86. The van der Waals surface area contributed by atoms with E-state index in [1.165, 1.54) is 0 Å². The molecule has 2 aromatic heterocycles. The van der Waals surface area contributed by atoms with E-state index in [2.05, 4.69) is 23.4 Å². The van der Waals surface area contributed by atoms with Gasteiger partial charge in [-0.15, -0.1) is 0 Å². The van der Waals surface area contributed by atoms with Crippen LogP contribution in [0.25, 0.3) is 11.4 Å². The number of amides is 1. The minimum Gasteiger partial charge on any atom is -0.323 e. The maximum atomic E-state index is 12.3. The molecule has 5 heteroatoms. The van der Waals surface area contributed by atoms with Gasteiger partial charge in [-0.3, -0.25) is 14.5 Å². The van der Waals surface area contributed by atoms with Crippen LogP contribution in [0.4, 0.5) is 5.69 Å². The van der Waals surface area contributed by atoms with Gasteiger partial charge in [-0.2, -0.15) is 5.10 Å². The number of hydrogen-bond donors (Lipinski definition) is 1. The van der Waals surface area contributed by atoms with E-state index >= 15 is 0 Å². The zero-order chi connectivity index (χ0) is 15.7. The molecule has 0 spiro atoms. The van der Waals surface area contributed by atoms with Gasteiger partial charge in [-0.25, -0.2) is 0 Å². The molecule has 3 heterocycles. The van der Waals surface area contributed by atoms with Gasteiger partial charge in [0.05, 0.1) is 17.6 Å². The second-order valence-electron chi connectivity index (χ2n) is 6.20. The molecule has 2 unspecified atom stereocenters. The van der Waals surface area contributed by atoms with Crippen LogP contribution in [0.2, 0.25) is 0 Å². The molecule has 116 valence electrons. The zero-order valence-corrected chi connectivity index (χ0v) is 13.3. The number of rotatable bonds is 0. The number of nitrogens with zero attached hydrogens (tertiary/aromatic N) is 3. The van der Waals surface area contributed by atoms with Gasteiger partial charge in [0.1, 0.15) is 5.69 Å². The highest BCUT2D eigenvalue weighted by molar-refractivity contribution is 5.95. The van der Waals surface area contributed by atoms with Gasteiger partial charge in [-0.05, 0) is 30.9 Å². The molecule has 0 saturated carbocycles. The van der Waals surface area contributed by atoms with E-state index in [-0.39, 0.29) is 11.8 Å². The molecular formula is C17H22N4O. The van der Waals surface area contributed by atoms with Crippen molar-refractivity contribution in [3.8, 4) is 11.4 Å². The van der Waals surface area contributed by atoms with E-state index in [0.717, 1.165) is 42.0 Å². The third-order valence-corrected chi connectivity index (χ3v) is 4.44. The molecule has 1 aliphatic rings. The van der Waals surface area contributed by atoms with E-state index in [0.29, 0.717) is 5.92 Å². The van der Waals surface area contributed by atoms with Crippen LogP contribution in [-0.4, -0.2) is 20.7 Å². The summed E-state index contributed by atoms with van der Waals surface area (Å²) in [6.45, 7) is 4.19. The maximum absolute atomic E-state index is 12.3. The molecule has 2 aromatic rings. The van der Waals surface area contributed by atoms with E-state index in [9.17, 15) is 4.79 Å². The monoisotopic (exact) mass is 298 g/mol. The highest BCUT2D eigenvalue weighted by Gasteiger charge is 2.20. The highest BCUT2D eigenvalue weighted by Crippen LogP contribution is 2.30. The van der Waals surface area contributed by atoms with Crippen molar-refractivity contribution in [2.45, 2.75) is 39.0 Å². The highest BCUT2D eigenvalue weighted by atomic mass is 16.1. The Balaban J connectivity index is 2.10. The third-order valence-electron chi connectivity index (χ3n) is 4.44. The summed E-state index contributed by atoms with van der Waals surface area (Å²) in [6, 6.07) is 6.08. The molecular weight excluding hydrogens is 276 g/mol. The van der Waals surface area contributed by atoms with Gasteiger partial charge in [-0.1, -0.05) is 26.3 Å². The van der Waals surface area contributed by atoms with Crippen LogP contribution in [0, 0.1) is 5.92 Å². The lowest BCUT2D eigenvalue weighted by atomic mass is 9.95. The Bertz CT molecular complexity index is 692. The average molecular weight is 298 g/mol. The van der Waals surface area contributed by atoms with E-state index in [4.69, 9.17) is 4.98 Å². The Morgan fingerprint density at radius 1 is 1.23 bits per heavy atom. The van der Waals surface area contributed by atoms with Gasteiger partial charge < -0.3 is 5.32 Å². The predicted molar refractivity (Wildman–Crippen MR) is 86.5 cm³/mol. The quantitative estimate of drug-likeness (QED) is 0.811. The Hall–Kier alpha value is -2.17. The van der Waals surface area contributed by atoms with Crippen LogP contribution < -0.4 is 5.32 Å². The molecule has 5 nitrogen and oxygen atoms in total. The fourth-order valence-corrected chi connectivity index (χ4v) is 2.96. The number of fused-ring (bicyclic) bond motifs is 4. The maximum Gasteiger partial charge on any atom is 0.227 e. The van der Waals surface area contributed by atoms with Crippen molar-refractivity contribution < 1.29 is 4.79 Å². The lowest BCUT2D eigenvalue weighted by molar-refractivity contribution is -0.119. The number of aromatic nitrogens is 3. The third kappa shape index (κ3) is 2.75. The van der Waals surface area contributed by atoms with E-state index in [1.807, 2.05) is 26.1 Å². The zero-order valence-electron chi connectivity index (χ0n) is 13.3. The fourth-order valence-electron chi connectivity index (χ4n) is 2.96. The molecule has 0 aromatic carbocycles. The molecule has 0 radical (unpaired) electrons. The molecule has 0 fully saturated rings. The average Bonchev–Trinajstić information content (AvgIpc) is 2.87. The Morgan fingerprint density at radius 3 is 2.82 bits per heavy atom. The summed E-state index contributed by atoms with van der Waals surface area (Å²) >= 11 is 0. The van der Waals surface area contributed by atoms with Crippen molar-refractivity contribution in [3.05, 3.63) is 30.1 Å². The molecule has 1 amide bonds. The number of carbonyl (C=O) groups is 1. The van der Waals surface area contributed by atoms with Gasteiger partial charge in [0.2, 0.25) is 5.91 Å². The van der Waals surface area contributed by atoms with E-state index < -0.39 is 0 Å². The summed E-state index contributed by atoms with van der Waals surface area (Å²) in [6.07, 6.45) is 4.67. The normalized spacial score (nSPS) is 22.2. The lowest BCUT2D eigenvalue weighted by Crippen LogP contribution is -2.21. The number of aryl methyl sites for hydroxylation is 1. The lowest BCUT2D eigenvalue weighted by Gasteiger charge is -2.17. The van der Waals surface area contributed by atoms with Crippen molar-refractivity contribution in [2.75, 3.05) is 5.32 Å². The number of anilines is 1. The van der Waals surface area contributed by atoms with Crippen LogP contribution in [0.5, 0.6) is 0 Å². The molecule has 1 N–H and O–H groups in total. The van der Waals surface area contributed by atoms with Crippen molar-refractivity contribution in [1.29, 1.82) is 0 Å². The summed E-state index contributed by atoms with van der Waals surface area (Å²) < 4.78 is 1.77.